The second-order valence-corrected chi connectivity index (χ2v) is 9.14. The summed E-state index contributed by atoms with van der Waals surface area (Å²) < 4.78 is 58.9. The predicted molar refractivity (Wildman–Crippen MR) is 107 cm³/mol. The molecule has 3 heterocycles. The summed E-state index contributed by atoms with van der Waals surface area (Å²) in [5, 5.41) is 0. The van der Waals surface area contributed by atoms with E-state index in [9.17, 15) is 17.2 Å². The van der Waals surface area contributed by atoms with Crippen molar-refractivity contribution in [1.82, 2.24) is 14.3 Å². The zero-order valence-electron chi connectivity index (χ0n) is 16.6. The third-order valence-corrected chi connectivity index (χ3v) is 7.13. The Hall–Kier alpha value is -2.37. The minimum atomic E-state index is -3.90. The first kappa shape index (κ1) is 20.9. The molecule has 1 aromatic carbocycles. The number of piperazine rings is 1. The van der Waals surface area contributed by atoms with Gasteiger partial charge in [-0.15, -0.1) is 0 Å². The van der Waals surface area contributed by atoms with Crippen molar-refractivity contribution >= 4 is 21.7 Å². The lowest BCUT2D eigenvalue weighted by atomic mass is 10.3. The highest BCUT2D eigenvalue weighted by Gasteiger charge is 2.30. The maximum absolute atomic E-state index is 13.5. The summed E-state index contributed by atoms with van der Waals surface area (Å²) in [6.45, 7) is 5.96. The number of ether oxygens (including phenoxy) is 1. The van der Waals surface area contributed by atoms with Crippen molar-refractivity contribution in [3.63, 3.8) is 0 Å². The van der Waals surface area contributed by atoms with Crippen molar-refractivity contribution in [3.8, 4) is 0 Å². The van der Waals surface area contributed by atoms with E-state index in [-0.39, 0.29) is 18.0 Å². The molecule has 0 bridgehead atoms. The van der Waals surface area contributed by atoms with E-state index in [1.165, 1.54) is 4.31 Å². The molecule has 2 saturated heterocycles. The van der Waals surface area contributed by atoms with Crippen LogP contribution in [-0.4, -0.2) is 75.2 Å². The SMILES string of the molecule is Cc1nc(N2CCOCC2)cc(N2CCN(S(=O)(=O)c3ccc(F)c(F)c3)CC2)n1. The van der Waals surface area contributed by atoms with Crippen LogP contribution in [0.15, 0.2) is 29.2 Å². The largest absolute Gasteiger partial charge is 0.378 e. The monoisotopic (exact) mass is 439 g/mol. The molecular weight excluding hydrogens is 416 g/mol. The molecule has 4 rings (SSSR count). The van der Waals surface area contributed by atoms with Crippen LogP contribution in [0.3, 0.4) is 0 Å². The molecule has 1 aromatic heterocycles. The molecule has 2 aromatic rings. The highest BCUT2D eigenvalue weighted by Crippen LogP contribution is 2.24. The quantitative estimate of drug-likeness (QED) is 0.713. The molecule has 0 saturated carbocycles. The molecule has 0 aliphatic carbocycles. The third kappa shape index (κ3) is 4.23. The van der Waals surface area contributed by atoms with Gasteiger partial charge in [0.25, 0.3) is 0 Å². The summed E-state index contributed by atoms with van der Waals surface area (Å²) >= 11 is 0. The molecule has 2 aliphatic rings. The lowest BCUT2D eigenvalue weighted by molar-refractivity contribution is 0.122. The summed E-state index contributed by atoms with van der Waals surface area (Å²) in [4.78, 5) is 12.9. The fourth-order valence-corrected chi connectivity index (χ4v) is 5.03. The molecule has 0 radical (unpaired) electrons. The second-order valence-electron chi connectivity index (χ2n) is 7.20. The highest BCUT2D eigenvalue weighted by atomic mass is 32.2. The first-order chi connectivity index (χ1) is 14.3. The number of sulfonamides is 1. The first-order valence-corrected chi connectivity index (χ1v) is 11.2. The molecule has 0 spiro atoms. The van der Waals surface area contributed by atoms with Crippen molar-refractivity contribution in [3.05, 3.63) is 41.7 Å². The topological polar surface area (TPSA) is 78.9 Å². The van der Waals surface area contributed by atoms with Crippen LogP contribution in [0.4, 0.5) is 20.4 Å². The second kappa shape index (κ2) is 8.40. The van der Waals surface area contributed by atoms with Gasteiger partial charge in [-0.2, -0.15) is 4.31 Å². The predicted octanol–water partition coefficient (Wildman–Crippen LogP) is 1.41. The van der Waals surface area contributed by atoms with Gasteiger partial charge in [0.15, 0.2) is 11.6 Å². The molecule has 2 aliphatic heterocycles. The molecule has 0 unspecified atom stereocenters. The van der Waals surface area contributed by atoms with Crippen LogP contribution in [0, 0.1) is 18.6 Å². The van der Waals surface area contributed by atoms with E-state index in [1.807, 2.05) is 17.9 Å². The van der Waals surface area contributed by atoms with E-state index in [2.05, 4.69) is 14.9 Å². The number of morpholine rings is 1. The number of halogens is 2. The summed E-state index contributed by atoms with van der Waals surface area (Å²) in [7, 11) is -3.90. The molecule has 30 heavy (non-hydrogen) atoms. The number of hydrogen-bond donors (Lipinski definition) is 0. The van der Waals surface area contributed by atoms with Crippen LogP contribution >= 0.6 is 0 Å². The number of rotatable bonds is 4. The highest BCUT2D eigenvalue weighted by molar-refractivity contribution is 7.89. The minimum Gasteiger partial charge on any atom is -0.378 e. The van der Waals surface area contributed by atoms with Gasteiger partial charge in [-0.3, -0.25) is 0 Å². The fourth-order valence-electron chi connectivity index (χ4n) is 3.60. The number of aryl methyl sites for hydroxylation is 1. The lowest BCUT2D eigenvalue weighted by Gasteiger charge is -2.35. The van der Waals surface area contributed by atoms with Gasteiger partial charge in [0.05, 0.1) is 18.1 Å². The Labute approximate surface area is 174 Å². The molecular formula is C19H23F2N5O3S. The van der Waals surface area contributed by atoms with Crippen LogP contribution < -0.4 is 9.80 Å². The van der Waals surface area contributed by atoms with Gasteiger partial charge >= 0.3 is 0 Å². The van der Waals surface area contributed by atoms with Crippen molar-refractivity contribution < 1.29 is 21.9 Å². The minimum absolute atomic E-state index is 0.220. The lowest BCUT2D eigenvalue weighted by Crippen LogP contribution is -2.49. The van der Waals surface area contributed by atoms with Crippen LogP contribution in [-0.2, 0) is 14.8 Å². The van der Waals surface area contributed by atoms with E-state index in [4.69, 9.17) is 4.74 Å². The zero-order valence-corrected chi connectivity index (χ0v) is 17.4. The molecule has 0 amide bonds. The van der Waals surface area contributed by atoms with Gasteiger partial charge < -0.3 is 14.5 Å². The van der Waals surface area contributed by atoms with Crippen LogP contribution in [0.5, 0.6) is 0 Å². The maximum Gasteiger partial charge on any atom is 0.243 e. The molecule has 11 heteroatoms. The third-order valence-electron chi connectivity index (χ3n) is 5.24. The van der Waals surface area contributed by atoms with Gasteiger partial charge in [-0.1, -0.05) is 0 Å². The average molecular weight is 439 g/mol. The van der Waals surface area contributed by atoms with Crippen LogP contribution in [0.2, 0.25) is 0 Å². The number of nitrogens with zero attached hydrogens (tertiary/aromatic N) is 5. The van der Waals surface area contributed by atoms with Crippen LogP contribution in [0.25, 0.3) is 0 Å². The molecule has 8 nitrogen and oxygen atoms in total. The van der Waals surface area contributed by atoms with Gasteiger partial charge in [0, 0.05) is 45.3 Å². The standard InChI is InChI=1S/C19H23F2N5O3S/c1-14-22-18(13-19(23-14)25-8-10-29-11-9-25)24-4-6-26(7-5-24)30(27,28)15-2-3-16(20)17(21)12-15/h2-3,12-13H,4-11H2,1H3. The number of hydrogen-bond acceptors (Lipinski definition) is 7. The smallest absolute Gasteiger partial charge is 0.243 e. The molecule has 0 atom stereocenters. The average Bonchev–Trinajstić information content (AvgIpc) is 2.76. The Balaban J connectivity index is 1.48. The fraction of sp³-hybridized carbons (Fsp3) is 0.474. The molecule has 2 fully saturated rings. The van der Waals surface area contributed by atoms with Crippen molar-refractivity contribution in [2.24, 2.45) is 0 Å². The maximum atomic E-state index is 13.5. The van der Waals surface area contributed by atoms with Gasteiger partial charge in [0.1, 0.15) is 17.5 Å². The van der Waals surface area contributed by atoms with E-state index in [0.717, 1.165) is 42.9 Å². The van der Waals surface area contributed by atoms with E-state index < -0.39 is 21.7 Å². The summed E-state index contributed by atoms with van der Waals surface area (Å²) in [5.74, 6) is -0.0341. The van der Waals surface area contributed by atoms with E-state index >= 15 is 0 Å². The van der Waals surface area contributed by atoms with E-state index in [0.29, 0.717) is 32.1 Å². The Morgan fingerprint density at radius 1 is 0.867 bits per heavy atom. The number of benzene rings is 1. The normalized spacial score (nSPS) is 18.6. The molecule has 0 N–H and O–H groups in total. The van der Waals surface area contributed by atoms with Crippen molar-refractivity contribution in [2.45, 2.75) is 11.8 Å². The van der Waals surface area contributed by atoms with Gasteiger partial charge in [-0.25, -0.2) is 27.2 Å². The summed E-state index contributed by atoms with van der Waals surface area (Å²) in [6.07, 6.45) is 0. The number of aromatic nitrogens is 2. The van der Waals surface area contributed by atoms with Crippen molar-refractivity contribution in [1.29, 1.82) is 0 Å². The first-order valence-electron chi connectivity index (χ1n) is 9.73. The van der Waals surface area contributed by atoms with Gasteiger partial charge in [-0.05, 0) is 25.1 Å². The molecule has 162 valence electrons. The Bertz CT molecular complexity index is 1020. The van der Waals surface area contributed by atoms with Gasteiger partial charge in [0.2, 0.25) is 10.0 Å². The van der Waals surface area contributed by atoms with E-state index in [1.54, 1.807) is 0 Å². The Morgan fingerprint density at radius 3 is 2.07 bits per heavy atom. The van der Waals surface area contributed by atoms with Crippen molar-refractivity contribution in [2.75, 3.05) is 62.3 Å². The summed E-state index contributed by atoms with van der Waals surface area (Å²) in [6, 6.07) is 4.55. The summed E-state index contributed by atoms with van der Waals surface area (Å²) in [5.41, 5.74) is 0. The zero-order chi connectivity index (χ0) is 21.3. The Kier molecular flexibility index (Phi) is 5.85. The number of anilines is 2. The Morgan fingerprint density at radius 2 is 1.47 bits per heavy atom. The van der Waals surface area contributed by atoms with Crippen LogP contribution in [0.1, 0.15) is 5.82 Å².